The number of alkyl halides is 3. The van der Waals surface area contributed by atoms with Gasteiger partial charge in [-0.3, -0.25) is 14.2 Å². The van der Waals surface area contributed by atoms with Crippen LogP contribution >= 0.6 is 0 Å². The molecule has 0 atom stereocenters. The molecule has 2 amide bonds. The van der Waals surface area contributed by atoms with Gasteiger partial charge in [-0.2, -0.15) is 13.2 Å². The standard InChI is InChI=1S/C38H31F3N4O4S/c1-37(2,3)27-19-16-24(17-20-27)36(47)44-50(48,49)33-15-8-7-14-31(33)43-35(46)26-18-21-30-32(23-26)45(29-12-5-4-6-13-29)34(42-30)25-10-9-11-28(22-25)38(39,40)41/h4-23H,1-3H3,(H,43,46)(H,44,47). The number of rotatable bonds is 7. The fourth-order valence-corrected chi connectivity index (χ4v) is 6.58. The molecular formula is C38H31F3N4O4S. The number of nitrogens with one attached hydrogen (secondary N) is 2. The first kappa shape index (κ1) is 34.1. The zero-order valence-electron chi connectivity index (χ0n) is 27.1. The molecule has 2 N–H and O–H groups in total. The maximum atomic E-state index is 13.6. The monoisotopic (exact) mass is 696 g/mol. The molecule has 6 rings (SSSR count). The van der Waals surface area contributed by atoms with Crippen LogP contribution in [0.5, 0.6) is 0 Å². The maximum Gasteiger partial charge on any atom is 0.416 e. The number of anilines is 1. The molecule has 0 saturated carbocycles. The van der Waals surface area contributed by atoms with E-state index in [1.807, 2.05) is 20.8 Å². The predicted octanol–water partition coefficient (Wildman–Crippen LogP) is 8.38. The van der Waals surface area contributed by atoms with Crippen LogP contribution in [0.25, 0.3) is 28.1 Å². The van der Waals surface area contributed by atoms with Crippen LogP contribution in [0.2, 0.25) is 0 Å². The lowest BCUT2D eigenvalue weighted by atomic mass is 9.87. The zero-order chi connectivity index (χ0) is 35.8. The van der Waals surface area contributed by atoms with E-state index in [1.54, 1.807) is 65.2 Å². The molecule has 0 aliphatic rings. The molecule has 5 aromatic carbocycles. The summed E-state index contributed by atoms with van der Waals surface area (Å²) in [6.07, 6.45) is -4.56. The summed E-state index contributed by atoms with van der Waals surface area (Å²) in [5.41, 5.74) is 1.86. The largest absolute Gasteiger partial charge is 0.416 e. The number of aromatic nitrogens is 2. The summed E-state index contributed by atoms with van der Waals surface area (Å²) in [6, 6.07) is 30.6. The first-order chi connectivity index (χ1) is 23.6. The molecule has 0 aliphatic carbocycles. The molecule has 0 bridgehead atoms. The Labute approximate surface area is 286 Å². The number of benzene rings is 5. The van der Waals surface area contributed by atoms with Crippen molar-refractivity contribution >= 4 is 38.6 Å². The fourth-order valence-electron chi connectivity index (χ4n) is 5.44. The molecule has 8 nitrogen and oxygen atoms in total. The molecule has 0 fully saturated rings. The molecule has 0 aliphatic heterocycles. The van der Waals surface area contributed by atoms with Gasteiger partial charge in [-0.05, 0) is 77.7 Å². The van der Waals surface area contributed by atoms with Crippen LogP contribution in [0.1, 0.15) is 52.6 Å². The number of fused-ring (bicyclic) bond motifs is 1. The third-order valence-electron chi connectivity index (χ3n) is 8.04. The topological polar surface area (TPSA) is 110 Å². The van der Waals surface area contributed by atoms with Gasteiger partial charge >= 0.3 is 6.18 Å². The Morgan fingerprint density at radius 2 is 1.36 bits per heavy atom. The number of imidazole rings is 1. The van der Waals surface area contributed by atoms with Crippen molar-refractivity contribution in [3.8, 4) is 17.1 Å². The number of carbonyl (C=O) groups excluding carboxylic acids is 2. The number of nitrogens with zero attached hydrogens (tertiary/aromatic N) is 2. The van der Waals surface area contributed by atoms with Crippen molar-refractivity contribution in [2.75, 3.05) is 5.32 Å². The van der Waals surface area contributed by atoms with E-state index >= 15 is 0 Å². The van der Waals surface area contributed by atoms with Crippen molar-refractivity contribution in [2.24, 2.45) is 0 Å². The molecule has 1 aromatic heterocycles. The van der Waals surface area contributed by atoms with Gasteiger partial charge in [-0.25, -0.2) is 18.1 Å². The van der Waals surface area contributed by atoms with Crippen molar-refractivity contribution in [2.45, 2.75) is 37.3 Å². The van der Waals surface area contributed by atoms with E-state index in [0.717, 1.165) is 17.7 Å². The van der Waals surface area contributed by atoms with E-state index in [-0.39, 0.29) is 38.5 Å². The Kier molecular flexibility index (Phi) is 8.83. The van der Waals surface area contributed by atoms with Gasteiger partial charge in [0, 0.05) is 22.4 Å². The van der Waals surface area contributed by atoms with Crippen molar-refractivity contribution in [1.29, 1.82) is 0 Å². The van der Waals surface area contributed by atoms with Gasteiger partial charge in [0.1, 0.15) is 10.7 Å². The van der Waals surface area contributed by atoms with Crippen LogP contribution in [0.3, 0.4) is 0 Å². The van der Waals surface area contributed by atoms with Gasteiger partial charge in [-0.15, -0.1) is 0 Å². The van der Waals surface area contributed by atoms with Crippen LogP contribution in [0, 0.1) is 0 Å². The highest BCUT2D eigenvalue weighted by atomic mass is 32.2. The Hall–Kier alpha value is -5.75. The molecule has 12 heteroatoms. The lowest BCUT2D eigenvalue weighted by Gasteiger charge is -2.19. The zero-order valence-corrected chi connectivity index (χ0v) is 27.9. The fraction of sp³-hybridized carbons (Fsp3) is 0.132. The van der Waals surface area contributed by atoms with Crippen molar-refractivity contribution in [3.05, 3.63) is 144 Å². The normalized spacial score (nSPS) is 12.1. The van der Waals surface area contributed by atoms with Crippen LogP contribution in [0.4, 0.5) is 18.9 Å². The molecular weight excluding hydrogens is 666 g/mol. The summed E-state index contributed by atoms with van der Waals surface area (Å²) >= 11 is 0. The van der Waals surface area contributed by atoms with Gasteiger partial charge in [0.05, 0.1) is 22.3 Å². The maximum absolute atomic E-state index is 13.6. The molecule has 0 spiro atoms. The van der Waals surface area contributed by atoms with E-state index < -0.39 is 33.6 Å². The van der Waals surface area contributed by atoms with Gasteiger partial charge in [0.25, 0.3) is 21.8 Å². The number of hydrogen-bond acceptors (Lipinski definition) is 5. The summed E-state index contributed by atoms with van der Waals surface area (Å²) in [7, 11) is -4.43. The van der Waals surface area contributed by atoms with Crippen LogP contribution in [-0.2, 0) is 21.6 Å². The Morgan fingerprint density at radius 3 is 2.04 bits per heavy atom. The van der Waals surface area contributed by atoms with Gasteiger partial charge in [0.2, 0.25) is 0 Å². The highest BCUT2D eigenvalue weighted by Gasteiger charge is 2.31. The first-order valence-corrected chi connectivity index (χ1v) is 16.9. The Bertz CT molecular complexity index is 2350. The van der Waals surface area contributed by atoms with Crippen LogP contribution in [0.15, 0.2) is 126 Å². The summed E-state index contributed by atoms with van der Waals surface area (Å²) in [6.45, 7) is 6.06. The molecule has 0 unspecified atom stereocenters. The smallest absolute Gasteiger partial charge is 0.321 e. The predicted molar refractivity (Wildman–Crippen MR) is 186 cm³/mol. The van der Waals surface area contributed by atoms with E-state index in [0.29, 0.717) is 16.7 Å². The first-order valence-electron chi connectivity index (χ1n) is 15.5. The highest BCUT2D eigenvalue weighted by Crippen LogP contribution is 2.35. The average molecular weight is 697 g/mol. The summed E-state index contributed by atoms with van der Waals surface area (Å²) in [5.74, 6) is -1.27. The molecule has 1 heterocycles. The number of amides is 2. The lowest BCUT2D eigenvalue weighted by Crippen LogP contribution is -2.31. The third-order valence-corrected chi connectivity index (χ3v) is 9.43. The quantitative estimate of drug-likeness (QED) is 0.174. The highest BCUT2D eigenvalue weighted by molar-refractivity contribution is 7.90. The molecule has 0 saturated heterocycles. The summed E-state index contributed by atoms with van der Waals surface area (Å²) in [4.78, 5) is 30.9. The van der Waals surface area contributed by atoms with Crippen LogP contribution in [-0.4, -0.2) is 29.8 Å². The second-order valence-corrected chi connectivity index (χ2v) is 14.3. The average Bonchev–Trinajstić information content (AvgIpc) is 3.47. The Balaban J connectivity index is 1.32. The summed E-state index contributed by atoms with van der Waals surface area (Å²) in [5, 5.41) is 2.63. The number of para-hydroxylation sites is 2. The molecule has 6 aromatic rings. The lowest BCUT2D eigenvalue weighted by molar-refractivity contribution is -0.137. The van der Waals surface area contributed by atoms with E-state index in [4.69, 9.17) is 0 Å². The van der Waals surface area contributed by atoms with Crippen molar-refractivity contribution < 1.29 is 31.2 Å². The van der Waals surface area contributed by atoms with Gasteiger partial charge in [-0.1, -0.05) is 75.4 Å². The summed E-state index contributed by atoms with van der Waals surface area (Å²) < 4.78 is 71.3. The second-order valence-electron chi connectivity index (χ2n) is 12.6. The minimum absolute atomic E-state index is 0.0674. The second kappa shape index (κ2) is 12.9. The SMILES string of the molecule is CC(C)(C)c1ccc(C(=O)NS(=O)(=O)c2ccccc2NC(=O)c2ccc3nc(-c4cccc(C(F)(F)F)c4)n(-c4ccccc4)c3c2)cc1. The molecule has 0 radical (unpaired) electrons. The van der Waals surface area contributed by atoms with Gasteiger partial charge in [0.15, 0.2) is 0 Å². The number of hydrogen-bond donors (Lipinski definition) is 2. The van der Waals surface area contributed by atoms with Crippen LogP contribution < -0.4 is 10.0 Å². The number of halogens is 3. The minimum Gasteiger partial charge on any atom is -0.321 e. The third kappa shape index (κ3) is 7.01. The van der Waals surface area contributed by atoms with Crippen molar-refractivity contribution in [1.82, 2.24) is 14.3 Å². The minimum atomic E-state index is -4.56. The number of sulfonamides is 1. The van der Waals surface area contributed by atoms with E-state index in [2.05, 4.69) is 15.0 Å². The molecule has 50 heavy (non-hydrogen) atoms. The Morgan fingerprint density at radius 1 is 0.700 bits per heavy atom. The number of carbonyl (C=O) groups is 2. The van der Waals surface area contributed by atoms with Gasteiger partial charge < -0.3 is 5.32 Å². The van der Waals surface area contributed by atoms with E-state index in [1.165, 1.54) is 48.5 Å². The van der Waals surface area contributed by atoms with Crippen molar-refractivity contribution in [3.63, 3.8) is 0 Å². The van der Waals surface area contributed by atoms with E-state index in [9.17, 15) is 31.2 Å². The molecule has 254 valence electrons.